The van der Waals surface area contributed by atoms with Gasteiger partial charge < -0.3 is 26.2 Å². The highest BCUT2D eigenvalue weighted by Gasteiger charge is 2.27. The summed E-state index contributed by atoms with van der Waals surface area (Å²) in [6, 6.07) is 18.5. The Labute approximate surface area is 490 Å². The number of sulfonamides is 1. The van der Waals surface area contributed by atoms with Gasteiger partial charge in [0.05, 0.1) is 83.5 Å². The van der Waals surface area contributed by atoms with Crippen molar-refractivity contribution in [2.45, 2.75) is 77.0 Å². The Balaban J connectivity index is 0.000000140. The zero-order chi connectivity index (χ0) is 59.2. The van der Waals surface area contributed by atoms with Crippen molar-refractivity contribution >= 4 is 50.9 Å². The van der Waals surface area contributed by atoms with Gasteiger partial charge in [-0.1, -0.05) is 23.7 Å². The van der Waals surface area contributed by atoms with Crippen LogP contribution in [-0.4, -0.2) is 121 Å². The lowest BCUT2D eigenvalue weighted by molar-refractivity contribution is 0.0939. The number of anilines is 2. The van der Waals surface area contributed by atoms with E-state index in [0.717, 1.165) is 102 Å². The van der Waals surface area contributed by atoms with Crippen molar-refractivity contribution in [3.05, 3.63) is 179 Å². The van der Waals surface area contributed by atoms with Crippen molar-refractivity contribution in [3.63, 3.8) is 0 Å². The molecular weight excluding hydrogens is 1110 g/mol. The number of benzene rings is 3. The average Bonchev–Trinajstić information content (AvgIpc) is 3.99. The normalized spacial score (nSPS) is 13.6. The molecule has 0 bridgehead atoms. The maximum Gasteiger partial charge on any atom is 0.254 e. The molecule has 3 aliphatic rings. The van der Waals surface area contributed by atoms with Crippen LogP contribution in [0.2, 0.25) is 5.02 Å². The monoisotopic (exact) mass is 1170 g/mol. The number of carbonyl (C=O) groups is 3. The Morgan fingerprint density at radius 2 is 1.12 bits per heavy atom. The van der Waals surface area contributed by atoms with Gasteiger partial charge in [0.1, 0.15) is 11.6 Å². The molecule has 3 aliphatic carbocycles. The lowest BCUT2D eigenvalue weighted by atomic mass is 10.0. The smallest absolute Gasteiger partial charge is 0.254 e. The van der Waals surface area contributed by atoms with Crippen LogP contribution < -0.4 is 30.9 Å². The second-order valence-electron chi connectivity index (χ2n) is 21.2. The first kappa shape index (κ1) is 58.0. The minimum absolute atomic E-state index is 0.00453. The quantitative estimate of drug-likeness (QED) is 0.0574. The van der Waals surface area contributed by atoms with E-state index in [0.29, 0.717) is 57.3 Å². The molecule has 9 aromatic rings. The minimum atomic E-state index is -3.39. The molecule has 0 aliphatic heterocycles. The van der Waals surface area contributed by atoms with E-state index in [4.69, 9.17) is 11.6 Å². The second kappa shape index (κ2) is 25.1. The topological polar surface area (TPSA) is 254 Å². The van der Waals surface area contributed by atoms with Crippen LogP contribution in [0.1, 0.15) is 86.3 Å². The number of aromatic nitrogens is 10. The van der Waals surface area contributed by atoms with E-state index in [2.05, 4.69) is 67.3 Å². The third-order valence-corrected chi connectivity index (χ3v) is 14.7. The van der Waals surface area contributed by atoms with Crippen LogP contribution in [-0.2, 0) is 16.6 Å². The molecule has 432 valence electrons. The second-order valence-corrected chi connectivity index (χ2v) is 23.3. The van der Waals surface area contributed by atoms with Crippen LogP contribution in [0.4, 0.5) is 15.9 Å². The summed E-state index contributed by atoms with van der Waals surface area (Å²) < 4.78 is 44.5. The van der Waals surface area contributed by atoms with Crippen LogP contribution in [0.5, 0.6) is 0 Å². The number of aryl methyl sites for hydroxylation is 2. The van der Waals surface area contributed by atoms with Gasteiger partial charge in [-0.2, -0.15) is 15.3 Å². The number of rotatable bonds is 17. The van der Waals surface area contributed by atoms with Gasteiger partial charge >= 0.3 is 0 Å². The molecule has 84 heavy (non-hydrogen) atoms. The number of halogens is 2. The first-order valence-electron chi connectivity index (χ1n) is 27.1. The molecule has 0 atom stereocenters. The van der Waals surface area contributed by atoms with Crippen molar-refractivity contribution < 1.29 is 27.2 Å². The summed E-state index contributed by atoms with van der Waals surface area (Å²) in [5, 5.41) is 25.3. The Bertz CT molecular complexity index is 4020. The molecule has 3 amide bonds. The van der Waals surface area contributed by atoms with E-state index < -0.39 is 21.7 Å². The Morgan fingerprint density at radius 3 is 1.65 bits per heavy atom. The lowest BCUT2D eigenvalue weighted by Gasteiger charge is -2.11. The van der Waals surface area contributed by atoms with Crippen LogP contribution >= 0.6 is 11.6 Å². The molecule has 0 unspecified atom stereocenters. The summed E-state index contributed by atoms with van der Waals surface area (Å²) in [7, 11) is 2.26. The molecule has 0 radical (unpaired) electrons. The van der Waals surface area contributed by atoms with Gasteiger partial charge in [-0.15, -0.1) is 0 Å². The summed E-state index contributed by atoms with van der Waals surface area (Å²) in [6.07, 6.45) is 27.7. The van der Waals surface area contributed by atoms with Crippen molar-refractivity contribution in [1.29, 1.82) is 0 Å². The molecule has 21 nitrogen and oxygen atoms in total. The third-order valence-electron chi connectivity index (χ3n) is 13.7. The van der Waals surface area contributed by atoms with Gasteiger partial charge in [0.25, 0.3) is 17.7 Å². The number of nitrogens with one attached hydrogen (secondary N) is 5. The summed E-state index contributed by atoms with van der Waals surface area (Å²) in [5.41, 5.74) is 11.3. The number of hydrogen-bond acceptors (Lipinski definition) is 14. The van der Waals surface area contributed by atoms with E-state index in [1.807, 2.05) is 106 Å². The molecule has 6 heterocycles. The number of carbonyl (C=O) groups excluding carboxylic acids is 3. The zero-order valence-electron chi connectivity index (χ0n) is 47.0. The van der Waals surface area contributed by atoms with Crippen molar-refractivity contribution in [2.24, 2.45) is 0 Å². The van der Waals surface area contributed by atoms with E-state index in [1.165, 1.54) is 12.3 Å². The molecular formula is C60H62ClFN16O5S. The van der Waals surface area contributed by atoms with Crippen molar-refractivity contribution in [3.8, 4) is 50.6 Å². The highest BCUT2D eigenvalue weighted by Crippen LogP contribution is 2.33. The van der Waals surface area contributed by atoms with Crippen LogP contribution in [0.15, 0.2) is 135 Å². The lowest BCUT2D eigenvalue weighted by Crippen LogP contribution is -2.26. The van der Waals surface area contributed by atoms with Crippen LogP contribution in [0, 0.1) is 19.7 Å². The predicted molar refractivity (Wildman–Crippen MR) is 320 cm³/mol. The summed E-state index contributed by atoms with van der Waals surface area (Å²) >= 11 is 6.24. The minimum Gasteiger partial charge on any atom is -0.361 e. The van der Waals surface area contributed by atoms with Crippen molar-refractivity contribution in [2.75, 3.05) is 37.0 Å². The number of amides is 3. The van der Waals surface area contributed by atoms with E-state index >= 15 is 0 Å². The molecule has 12 rings (SSSR count). The number of pyridine rings is 2. The SMILES string of the molecule is CN(C)c1cncc(-n2cc(-c3cc(C(=O)NC4CC4)c(F)cc3Cl)cn2)n1.CNCc1cncc(-n2cc(-c3cc(C(=O)NC4CC4)ccc3C)cn2)c1.Cc1ccc(C(=O)NC2CC2)cc1-c1cnn(-c2cncc(NS(C)(=O)=O)c2)c1. The Hall–Kier alpha value is -9.19. The standard InChI is InChI=1S/C21H23N5O.C20H21N5O3S.C19H18ClFN6O/c1-14-3-4-16(21(27)25-18-5-6-18)8-20(14)17-11-24-26(13-17)19-7-15(9-22-2)10-23-12-19;1-13-3-4-14(20(26)23-16-5-6-16)7-19(13)15-9-22-25(12-15)18-8-17(10-21-11-18)24-29(2,27)28;1-26(2)17-8-22-9-18(25-17)27-10-11(7-23-27)13-5-14(16(21)6-15(13)20)19(28)24-12-3-4-12/h3-4,7-8,10-13,18,22H,5-6,9H2,1-2H3,(H,25,27);3-4,7-12,16,24H,5-6H2,1-2H3,(H,23,26);5-10,12H,3-4H2,1-2H3,(H,24,28). The average molecular weight is 1170 g/mol. The maximum atomic E-state index is 14.3. The Morgan fingerprint density at radius 1 is 0.619 bits per heavy atom. The first-order valence-corrected chi connectivity index (χ1v) is 29.4. The number of nitrogens with zero attached hydrogens (tertiary/aromatic N) is 11. The molecule has 0 spiro atoms. The van der Waals surface area contributed by atoms with Crippen molar-refractivity contribution in [1.82, 2.24) is 70.5 Å². The maximum absolute atomic E-state index is 14.3. The fourth-order valence-corrected chi connectivity index (χ4v) is 9.56. The van der Waals surface area contributed by atoms with Gasteiger partial charge in [0, 0.05) is 96.9 Å². The molecule has 5 N–H and O–H groups in total. The van der Waals surface area contributed by atoms with Gasteiger partial charge in [0.2, 0.25) is 10.0 Å². The van der Waals surface area contributed by atoms with Gasteiger partial charge in [-0.05, 0) is 136 Å². The van der Waals surface area contributed by atoms with Crippen LogP contribution in [0.25, 0.3) is 50.6 Å². The fraction of sp³-hybridized carbons (Fsp3) is 0.267. The molecule has 3 aromatic carbocycles. The molecule has 24 heteroatoms. The Kier molecular flexibility index (Phi) is 17.4. The molecule has 3 fully saturated rings. The van der Waals surface area contributed by atoms with Crippen LogP contribution in [0.3, 0.4) is 0 Å². The van der Waals surface area contributed by atoms with E-state index in [-0.39, 0.29) is 28.4 Å². The molecule has 6 aromatic heterocycles. The molecule has 0 saturated heterocycles. The van der Waals surface area contributed by atoms with Gasteiger partial charge in [0.15, 0.2) is 5.82 Å². The van der Waals surface area contributed by atoms with Gasteiger partial charge in [-0.3, -0.25) is 34.1 Å². The summed E-state index contributed by atoms with van der Waals surface area (Å²) in [4.78, 5) is 55.9. The summed E-state index contributed by atoms with van der Waals surface area (Å²) in [5.74, 6) is 0.0643. The van der Waals surface area contributed by atoms with E-state index in [1.54, 1.807) is 58.8 Å². The fourth-order valence-electron chi connectivity index (χ4n) is 8.76. The van der Waals surface area contributed by atoms with E-state index in [9.17, 15) is 27.2 Å². The predicted octanol–water partition coefficient (Wildman–Crippen LogP) is 8.44. The third kappa shape index (κ3) is 14.9. The largest absolute Gasteiger partial charge is 0.361 e. The highest BCUT2D eigenvalue weighted by molar-refractivity contribution is 7.92. The summed E-state index contributed by atoms with van der Waals surface area (Å²) in [6.45, 7) is 4.78. The first-order chi connectivity index (χ1) is 40.3. The van der Waals surface area contributed by atoms with Gasteiger partial charge in [-0.25, -0.2) is 31.8 Å². The number of hydrogen-bond donors (Lipinski definition) is 5. The zero-order valence-corrected chi connectivity index (χ0v) is 48.6. The highest BCUT2D eigenvalue weighted by atomic mass is 35.5. The molecule has 3 saturated carbocycles.